The van der Waals surface area contributed by atoms with Crippen LogP contribution in [0.25, 0.3) is 11.0 Å². The molecule has 0 aliphatic carbocycles. The molecule has 0 aliphatic rings. The summed E-state index contributed by atoms with van der Waals surface area (Å²) in [5, 5.41) is -0.0513. The highest BCUT2D eigenvalue weighted by Gasteiger charge is 2.33. The number of halogens is 3. The average Bonchev–Trinajstić information content (AvgIpc) is 2.46. The van der Waals surface area contributed by atoms with Crippen molar-refractivity contribution in [3.63, 3.8) is 0 Å². The second kappa shape index (κ2) is 6.15. The van der Waals surface area contributed by atoms with Crippen LogP contribution >= 0.6 is 0 Å². The van der Waals surface area contributed by atoms with E-state index in [0.29, 0.717) is 0 Å². The number of aromatic nitrogens is 3. The lowest BCUT2D eigenvalue weighted by Crippen LogP contribution is -2.40. The molecule has 0 saturated carbocycles. The smallest absolute Gasteiger partial charge is 0.377 e. The van der Waals surface area contributed by atoms with Crippen molar-refractivity contribution in [1.29, 1.82) is 0 Å². The van der Waals surface area contributed by atoms with E-state index in [1.54, 1.807) is 0 Å². The van der Waals surface area contributed by atoms with Gasteiger partial charge >= 0.3 is 11.9 Å². The molecule has 0 spiro atoms. The first-order valence-electron chi connectivity index (χ1n) is 6.92. The third-order valence-corrected chi connectivity index (χ3v) is 3.24. The number of hydrogen-bond donors (Lipinski definition) is 0. The minimum absolute atomic E-state index is 0.0145. The molecule has 2 rings (SSSR count). The lowest BCUT2D eigenvalue weighted by atomic mass is 10.2. The SMILES string of the molecule is CC(C)OCCn1c(=O)c2ccc(C(F)(F)F)nc2n(C)c1=O. The Morgan fingerprint density at radius 2 is 1.91 bits per heavy atom. The van der Waals surface area contributed by atoms with E-state index in [0.717, 1.165) is 21.3 Å². The van der Waals surface area contributed by atoms with E-state index in [1.807, 2.05) is 13.8 Å². The lowest BCUT2D eigenvalue weighted by molar-refractivity contribution is -0.141. The highest BCUT2D eigenvalue weighted by atomic mass is 19.4. The van der Waals surface area contributed by atoms with E-state index in [9.17, 15) is 22.8 Å². The molecule has 2 heterocycles. The molecule has 0 fully saturated rings. The van der Waals surface area contributed by atoms with Crippen LogP contribution in [0.15, 0.2) is 21.7 Å². The summed E-state index contributed by atoms with van der Waals surface area (Å²) in [6, 6.07) is 1.76. The minimum atomic E-state index is -4.65. The Morgan fingerprint density at radius 3 is 2.48 bits per heavy atom. The van der Waals surface area contributed by atoms with Crippen molar-refractivity contribution < 1.29 is 17.9 Å². The number of alkyl halides is 3. The molecule has 126 valence electrons. The first-order valence-corrected chi connectivity index (χ1v) is 6.92. The molecule has 6 nitrogen and oxygen atoms in total. The normalized spacial score (nSPS) is 12.3. The van der Waals surface area contributed by atoms with Crippen molar-refractivity contribution in [3.05, 3.63) is 38.7 Å². The number of aryl methyl sites for hydroxylation is 1. The van der Waals surface area contributed by atoms with Gasteiger partial charge in [-0.2, -0.15) is 13.2 Å². The summed E-state index contributed by atoms with van der Waals surface area (Å²) in [6.07, 6.45) is -4.71. The topological polar surface area (TPSA) is 66.1 Å². The zero-order chi connectivity index (χ0) is 17.4. The van der Waals surface area contributed by atoms with Gasteiger partial charge in [0.25, 0.3) is 5.56 Å². The van der Waals surface area contributed by atoms with Crippen LogP contribution in [0.1, 0.15) is 19.5 Å². The highest BCUT2D eigenvalue weighted by molar-refractivity contribution is 5.74. The monoisotopic (exact) mass is 331 g/mol. The van der Waals surface area contributed by atoms with Gasteiger partial charge in [-0.1, -0.05) is 0 Å². The summed E-state index contributed by atoms with van der Waals surface area (Å²) in [4.78, 5) is 27.9. The van der Waals surface area contributed by atoms with Gasteiger partial charge in [0, 0.05) is 7.05 Å². The van der Waals surface area contributed by atoms with Gasteiger partial charge in [-0.05, 0) is 26.0 Å². The summed E-state index contributed by atoms with van der Waals surface area (Å²) < 4.78 is 45.3. The summed E-state index contributed by atoms with van der Waals surface area (Å²) in [7, 11) is 1.27. The fourth-order valence-electron chi connectivity index (χ4n) is 2.11. The van der Waals surface area contributed by atoms with Crippen LogP contribution < -0.4 is 11.2 Å². The second-order valence-electron chi connectivity index (χ2n) is 5.28. The van der Waals surface area contributed by atoms with Crippen LogP contribution in [0.2, 0.25) is 0 Å². The molecule has 9 heteroatoms. The van der Waals surface area contributed by atoms with E-state index >= 15 is 0 Å². The van der Waals surface area contributed by atoms with Gasteiger partial charge in [0.15, 0.2) is 0 Å². The van der Waals surface area contributed by atoms with Crippen LogP contribution in [-0.2, 0) is 24.5 Å². The number of fused-ring (bicyclic) bond motifs is 1. The van der Waals surface area contributed by atoms with Crippen molar-refractivity contribution >= 4 is 11.0 Å². The quantitative estimate of drug-likeness (QED) is 0.852. The lowest BCUT2D eigenvalue weighted by Gasteiger charge is -2.13. The van der Waals surface area contributed by atoms with E-state index in [4.69, 9.17) is 4.74 Å². The second-order valence-corrected chi connectivity index (χ2v) is 5.28. The van der Waals surface area contributed by atoms with Crippen LogP contribution in [0.5, 0.6) is 0 Å². The van der Waals surface area contributed by atoms with Crippen LogP contribution in [-0.4, -0.2) is 26.8 Å². The van der Waals surface area contributed by atoms with E-state index in [2.05, 4.69) is 4.98 Å². The molecule has 0 N–H and O–H groups in total. The number of hydrogen-bond acceptors (Lipinski definition) is 4. The third kappa shape index (κ3) is 3.44. The zero-order valence-corrected chi connectivity index (χ0v) is 12.8. The van der Waals surface area contributed by atoms with E-state index in [1.165, 1.54) is 7.05 Å². The Morgan fingerprint density at radius 1 is 1.26 bits per heavy atom. The van der Waals surface area contributed by atoms with Gasteiger partial charge in [-0.3, -0.25) is 13.9 Å². The molecule has 23 heavy (non-hydrogen) atoms. The van der Waals surface area contributed by atoms with Crippen LogP contribution in [0, 0.1) is 0 Å². The van der Waals surface area contributed by atoms with Crippen LogP contribution in [0.4, 0.5) is 13.2 Å². The summed E-state index contributed by atoms with van der Waals surface area (Å²) in [5.41, 5.74) is -2.87. The molecule has 0 aromatic carbocycles. The van der Waals surface area contributed by atoms with E-state index < -0.39 is 23.1 Å². The number of ether oxygens (including phenoxy) is 1. The van der Waals surface area contributed by atoms with Crippen molar-refractivity contribution in [1.82, 2.24) is 14.1 Å². The summed E-state index contributed by atoms with van der Waals surface area (Å²) in [6.45, 7) is 3.78. The van der Waals surface area contributed by atoms with Crippen molar-refractivity contribution in [3.8, 4) is 0 Å². The van der Waals surface area contributed by atoms with Gasteiger partial charge in [-0.25, -0.2) is 9.78 Å². The zero-order valence-electron chi connectivity index (χ0n) is 12.8. The van der Waals surface area contributed by atoms with Crippen LogP contribution in [0.3, 0.4) is 0 Å². The molecule has 0 unspecified atom stereocenters. The predicted molar refractivity (Wildman–Crippen MR) is 77.3 cm³/mol. The molecule has 0 saturated heterocycles. The molecule has 0 radical (unpaired) electrons. The van der Waals surface area contributed by atoms with Gasteiger partial charge < -0.3 is 4.74 Å². The predicted octanol–water partition coefficient (Wildman–Crippen LogP) is 1.54. The van der Waals surface area contributed by atoms with Crippen molar-refractivity contribution in [2.24, 2.45) is 7.05 Å². The maximum absolute atomic E-state index is 12.7. The highest BCUT2D eigenvalue weighted by Crippen LogP contribution is 2.28. The fourth-order valence-corrected chi connectivity index (χ4v) is 2.11. The summed E-state index contributed by atoms with van der Waals surface area (Å²) >= 11 is 0. The van der Waals surface area contributed by atoms with Gasteiger partial charge in [0.1, 0.15) is 11.3 Å². The standard InChI is InChI=1S/C14H16F3N3O3/c1-8(2)23-7-6-20-12(21)9-4-5-10(14(15,16)17)18-11(9)19(3)13(20)22/h4-5,8H,6-7H2,1-3H3. The van der Waals surface area contributed by atoms with Gasteiger partial charge in [-0.15, -0.1) is 0 Å². The van der Waals surface area contributed by atoms with Gasteiger partial charge in [0.2, 0.25) is 0 Å². The Kier molecular flexibility index (Phi) is 4.60. The first kappa shape index (κ1) is 17.2. The molecule has 0 amide bonds. The molecule has 0 aliphatic heterocycles. The minimum Gasteiger partial charge on any atom is -0.377 e. The van der Waals surface area contributed by atoms with Crippen molar-refractivity contribution in [2.45, 2.75) is 32.7 Å². The Balaban J connectivity index is 2.58. The number of pyridine rings is 1. The fraction of sp³-hybridized carbons (Fsp3) is 0.500. The maximum Gasteiger partial charge on any atom is 0.433 e. The first-order chi connectivity index (χ1) is 10.6. The maximum atomic E-state index is 12.7. The van der Waals surface area contributed by atoms with Crippen molar-refractivity contribution in [2.75, 3.05) is 6.61 Å². The Hall–Kier alpha value is -2.16. The molecular formula is C14H16F3N3O3. The molecule has 0 bridgehead atoms. The third-order valence-electron chi connectivity index (χ3n) is 3.24. The number of nitrogens with zero attached hydrogens (tertiary/aromatic N) is 3. The largest absolute Gasteiger partial charge is 0.433 e. The van der Waals surface area contributed by atoms with E-state index in [-0.39, 0.29) is 30.3 Å². The average molecular weight is 331 g/mol. The number of rotatable bonds is 4. The molecule has 0 atom stereocenters. The molecule has 2 aromatic rings. The molecule has 2 aromatic heterocycles. The molecular weight excluding hydrogens is 315 g/mol. The van der Waals surface area contributed by atoms with Gasteiger partial charge in [0.05, 0.1) is 24.6 Å². The summed E-state index contributed by atoms with van der Waals surface area (Å²) in [5.74, 6) is 0. The Bertz CT molecular complexity index is 837. The Labute approximate surface area is 129 Å².